The lowest BCUT2D eigenvalue weighted by Crippen LogP contribution is -2.29. The molecule has 0 saturated heterocycles. The van der Waals surface area contributed by atoms with Crippen molar-refractivity contribution in [1.82, 2.24) is 19.1 Å². The van der Waals surface area contributed by atoms with E-state index in [9.17, 15) is 9.59 Å². The van der Waals surface area contributed by atoms with Crippen LogP contribution in [0.1, 0.15) is 12.0 Å². The molecule has 0 aliphatic carbocycles. The number of hydrazone groups is 1. The number of imidazole rings is 1. The maximum atomic E-state index is 12.5. The van der Waals surface area contributed by atoms with Crippen molar-refractivity contribution in [2.24, 2.45) is 12.1 Å². The summed E-state index contributed by atoms with van der Waals surface area (Å²) in [5, 5.41) is 4.24. The molecule has 0 unspecified atom stereocenters. The van der Waals surface area contributed by atoms with E-state index in [1.807, 2.05) is 60.7 Å². The Balaban J connectivity index is 1.58. The number of ether oxygens (including phenoxy) is 1. The molecule has 0 fully saturated rings. The first-order valence-electron chi connectivity index (χ1n) is 9.85. The van der Waals surface area contributed by atoms with E-state index in [-0.39, 0.29) is 5.65 Å². The molecule has 0 atom stereocenters. The summed E-state index contributed by atoms with van der Waals surface area (Å²) in [5.41, 5.74) is 3.39. The maximum absolute atomic E-state index is 12.5. The van der Waals surface area contributed by atoms with Crippen molar-refractivity contribution >= 4 is 23.3 Å². The minimum Gasteiger partial charge on any atom is -0.494 e. The van der Waals surface area contributed by atoms with Crippen molar-refractivity contribution in [3.63, 3.8) is 0 Å². The van der Waals surface area contributed by atoms with Crippen LogP contribution in [0, 0.1) is 0 Å². The zero-order valence-electron chi connectivity index (χ0n) is 17.0. The number of aromatic amines is 1. The number of aromatic nitrogens is 4. The number of hydrogen-bond acceptors (Lipinski definition) is 6. The monoisotopic (exact) mass is 418 g/mol. The maximum Gasteiger partial charge on any atom is 0.329 e. The highest BCUT2D eigenvalue weighted by Gasteiger charge is 2.17. The largest absolute Gasteiger partial charge is 0.494 e. The Labute approximate surface area is 177 Å². The fraction of sp³-hybridized carbons (Fsp3) is 0.182. The summed E-state index contributed by atoms with van der Waals surface area (Å²) in [7, 11) is 1.56. The molecule has 0 aliphatic rings. The standard InChI is InChI=1S/C22H22N6O3/c1-27-19-18(20(29)25-22(27)30)28(13-8-14-31-17-11-6-3-7-12-17)21(24-19)26-23-15-16-9-4-2-5-10-16/h2-7,9-12,15H,8,13-14H2,1H3,(H,24,26)(H,25,29,30)/b23-15+. The van der Waals surface area contributed by atoms with Crippen molar-refractivity contribution in [1.29, 1.82) is 0 Å². The highest BCUT2D eigenvalue weighted by Crippen LogP contribution is 2.16. The van der Waals surface area contributed by atoms with E-state index in [4.69, 9.17) is 4.74 Å². The van der Waals surface area contributed by atoms with Gasteiger partial charge in [0.2, 0.25) is 5.95 Å². The van der Waals surface area contributed by atoms with Crippen LogP contribution < -0.4 is 21.4 Å². The second-order valence-corrected chi connectivity index (χ2v) is 6.87. The van der Waals surface area contributed by atoms with Gasteiger partial charge in [0, 0.05) is 13.6 Å². The van der Waals surface area contributed by atoms with E-state index in [0.717, 1.165) is 11.3 Å². The number of nitrogens with one attached hydrogen (secondary N) is 2. The van der Waals surface area contributed by atoms with Crippen LogP contribution in [0.15, 0.2) is 75.4 Å². The lowest BCUT2D eigenvalue weighted by molar-refractivity contribution is 0.303. The Morgan fingerprint density at radius 2 is 1.81 bits per heavy atom. The number of rotatable bonds is 8. The van der Waals surface area contributed by atoms with Crippen LogP contribution in [0.25, 0.3) is 11.2 Å². The van der Waals surface area contributed by atoms with E-state index in [0.29, 0.717) is 31.0 Å². The lowest BCUT2D eigenvalue weighted by atomic mass is 10.2. The fourth-order valence-corrected chi connectivity index (χ4v) is 3.17. The molecule has 31 heavy (non-hydrogen) atoms. The van der Waals surface area contributed by atoms with Gasteiger partial charge in [0.15, 0.2) is 11.2 Å². The molecule has 158 valence electrons. The Morgan fingerprint density at radius 1 is 1.10 bits per heavy atom. The molecule has 0 radical (unpaired) electrons. The van der Waals surface area contributed by atoms with Gasteiger partial charge < -0.3 is 9.30 Å². The Bertz CT molecular complexity index is 1310. The van der Waals surface area contributed by atoms with Crippen LogP contribution >= 0.6 is 0 Å². The Hall–Kier alpha value is -4.14. The minimum absolute atomic E-state index is 0.287. The van der Waals surface area contributed by atoms with Gasteiger partial charge >= 0.3 is 5.69 Å². The zero-order chi connectivity index (χ0) is 21.6. The summed E-state index contributed by atoms with van der Waals surface area (Å²) in [6, 6.07) is 19.1. The van der Waals surface area contributed by atoms with E-state index >= 15 is 0 Å². The van der Waals surface area contributed by atoms with Crippen molar-refractivity contribution < 1.29 is 4.74 Å². The van der Waals surface area contributed by atoms with Gasteiger partial charge in [-0.15, -0.1) is 0 Å². The molecule has 4 aromatic rings. The van der Waals surface area contributed by atoms with Crippen LogP contribution in [0.5, 0.6) is 5.75 Å². The molecule has 2 N–H and O–H groups in total. The molecule has 4 rings (SSSR count). The minimum atomic E-state index is -0.520. The van der Waals surface area contributed by atoms with E-state index < -0.39 is 11.2 Å². The predicted octanol–water partition coefficient (Wildman–Crippen LogP) is 2.34. The Morgan fingerprint density at radius 3 is 2.55 bits per heavy atom. The fourth-order valence-electron chi connectivity index (χ4n) is 3.17. The van der Waals surface area contributed by atoms with Gasteiger partial charge in [-0.25, -0.2) is 10.2 Å². The quantitative estimate of drug-likeness (QED) is 0.260. The number of para-hydroxylation sites is 1. The van der Waals surface area contributed by atoms with Gasteiger partial charge in [0.1, 0.15) is 5.75 Å². The second-order valence-electron chi connectivity index (χ2n) is 6.87. The molecule has 0 saturated carbocycles. The first-order valence-corrected chi connectivity index (χ1v) is 9.85. The molecule has 9 heteroatoms. The smallest absolute Gasteiger partial charge is 0.329 e. The number of anilines is 1. The molecular weight excluding hydrogens is 396 g/mol. The summed E-state index contributed by atoms with van der Waals surface area (Å²) in [5.74, 6) is 1.15. The van der Waals surface area contributed by atoms with E-state index in [2.05, 4.69) is 20.5 Å². The topological polar surface area (TPSA) is 106 Å². The molecule has 0 aliphatic heterocycles. The van der Waals surface area contributed by atoms with Gasteiger partial charge in [-0.3, -0.25) is 14.3 Å². The molecule has 2 aromatic heterocycles. The van der Waals surface area contributed by atoms with Crippen LogP contribution in [-0.4, -0.2) is 31.9 Å². The number of benzene rings is 2. The van der Waals surface area contributed by atoms with Crippen LogP contribution in [0.2, 0.25) is 0 Å². The van der Waals surface area contributed by atoms with Crippen LogP contribution in [-0.2, 0) is 13.6 Å². The van der Waals surface area contributed by atoms with Crippen molar-refractivity contribution in [2.75, 3.05) is 12.0 Å². The highest BCUT2D eigenvalue weighted by atomic mass is 16.5. The second kappa shape index (κ2) is 9.12. The van der Waals surface area contributed by atoms with Gasteiger partial charge in [-0.05, 0) is 24.1 Å². The SMILES string of the molecule is Cn1c(=O)[nH]c(=O)c2c1nc(N/N=C/c1ccccc1)n2CCCOc1ccccc1. The third-order valence-corrected chi connectivity index (χ3v) is 4.72. The first kappa shape index (κ1) is 20.1. The summed E-state index contributed by atoms with van der Waals surface area (Å²) >= 11 is 0. The highest BCUT2D eigenvalue weighted by molar-refractivity contribution is 5.80. The molecule has 0 spiro atoms. The lowest BCUT2D eigenvalue weighted by Gasteiger charge is -2.09. The predicted molar refractivity (Wildman–Crippen MR) is 120 cm³/mol. The number of aryl methyl sites for hydroxylation is 2. The third kappa shape index (κ3) is 4.55. The van der Waals surface area contributed by atoms with Crippen molar-refractivity contribution in [3.05, 3.63) is 87.1 Å². The number of H-pyrrole nitrogens is 1. The number of nitrogens with zero attached hydrogens (tertiary/aromatic N) is 4. The number of hydrogen-bond donors (Lipinski definition) is 2. The van der Waals surface area contributed by atoms with Gasteiger partial charge in [-0.1, -0.05) is 48.5 Å². The van der Waals surface area contributed by atoms with Crippen LogP contribution in [0.3, 0.4) is 0 Å². The normalized spacial score (nSPS) is 11.3. The van der Waals surface area contributed by atoms with E-state index in [1.165, 1.54) is 4.57 Å². The molecule has 2 heterocycles. The average molecular weight is 418 g/mol. The summed E-state index contributed by atoms with van der Waals surface area (Å²) in [6.07, 6.45) is 2.28. The summed E-state index contributed by atoms with van der Waals surface area (Å²) < 4.78 is 8.76. The summed E-state index contributed by atoms with van der Waals surface area (Å²) in [4.78, 5) is 31.3. The molecular formula is C22H22N6O3. The van der Waals surface area contributed by atoms with E-state index in [1.54, 1.807) is 17.8 Å². The molecule has 9 nitrogen and oxygen atoms in total. The van der Waals surface area contributed by atoms with Gasteiger partial charge in [-0.2, -0.15) is 10.1 Å². The molecule has 0 bridgehead atoms. The zero-order valence-corrected chi connectivity index (χ0v) is 17.0. The van der Waals surface area contributed by atoms with Gasteiger partial charge in [0.25, 0.3) is 5.56 Å². The van der Waals surface area contributed by atoms with Crippen molar-refractivity contribution in [3.8, 4) is 5.75 Å². The van der Waals surface area contributed by atoms with Crippen molar-refractivity contribution in [2.45, 2.75) is 13.0 Å². The Kier molecular flexibility index (Phi) is 5.93. The first-order chi connectivity index (χ1) is 15.1. The average Bonchev–Trinajstić information content (AvgIpc) is 3.16. The molecule has 2 aromatic carbocycles. The van der Waals surface area contributed by atoms with Gasteiger partial charge in [0.05, 0.1) is 12.8 Å². The number of fused-ring (bicyclic) bond motifs is 1. The summed E-state index contributed by atoms with van der Waals surface area (Å²) in [6.45, 7) is 0.911. The molecule has 0 amide bonds. The third-order valence-electron chi connectivity index (χ3n) is 4.72. The van der Waals surface area contributed by atoms with Crippen LogP contribution in [0.4, 0.5) is 5.95 Å².